The number of ketones is 2. The number of halogens is 1. The van der Waals surface area contributed by atoms with Crippen molar-refractivity contribution >= 4 is 124 Å². The van der Waals surface area contributed by atoms with Gasteiger partial charge in [-0.05, 0) is 136 Å². The predicted octanol–water partition coefficient (Wildman–Crippen LogP) is 12.9. The number of rotatable bonds is 14. The first kappa shape index (κ1) is 62.7. The molecule has 2 unspecified atom stereocenters. The quantitative estimate of drug-likeness (QED) is 0.0567. The van der Waals surface area contributed by atoms with Gasteiger partial charge in [0, 0.05) is 98.6 Å². The molecule has 13 rings (SSSR count). The van der Waals surface area contributed by atoms with Gasteiger partial charge in [0.15, 0.2) is 17.1 Å². The van der Waals surface area contributed by atoms with Gasteiger partial charge in [-0.2, -0.15) is 0 Å². The number of nitrogens with zero attached hydrogens (tertiary/aromatic N) is 12. The van der Waals surface area contributed by atoms with Crippen molar-refractivity contribution in [1.29, 1.82) is 0 Å². The van der Waals surface area contributed by atoms with Gasteiger partial charge in [0.05, 0.1) is 39.9 Å². The molecule has 9 aromatic rings. The molecule has 6 aromatic heterocycles. The third-order valence-corrected chi connectivity index (χ3v) is 21.2. The molecule has 9 heterocycles. The number of fused-ring (bicyclic) bond motifs is 6. The Balaban J connectivity index is 0.000000143. The number of carbonyl (C=O) groups excluding carboxylic acids is 2. The summed E-state index contributed by atoms with van der Waals surface area (Å²) in [5, 5.41) is 1.97. The average Bonchev–Trinajstić information content (AvgIpc) is 1.34. The third kappa shape index (κ3) is 13.6. The van der Waals surface area contributed by atoms with Gasteiger partial charge in [0.25, 0.3) is 0 Å². The number of Topliss-reactive ketones (excluding diaryl/α,β-unsaturated/α-hetero) is 2. The van der Waals surface area contributed by atoms with Crippen LogP contribution in [0, 0.1) is 23.3 Å². The van der Waals surface area contributed by atoms with Crippen molar-refractivity contribution in [3.8, 4) is 11.1 Å². The molecule has 0 amide bonds. The number of hydrogen-bond donors (Lipinski definition) is 0. The van der Waals surface area contributed by atoms with E-state index in [4.69, 9.17) is 28.8 Å². The fraction of sp³-hybridized carbons (Fsp3) is 0.394. The zero-order chi connectivity index (χ0) is 62.3. The minimum Gasteiger partial charge on any atom is -0.399 e. The molecule has 18 nitrogen and oxygen atoms in total. The van der Waals surface area contributed by atoms with Gasteiger partial charge >= 0.3 is 7.12 Å². The van der Waals surface area contributed by atoms with Crippen molar-refractivity contribution in [2.45, 2.75) is 136 Å². The van der Waals surface area contributed by atoms with Gasteiger partial charge < -0.3 is 28.6 Å². The first-order valence-corrected chi connectivity index (χ1v) is 38.8. The third-order valence-electron chi connectivity index (χ3n) is 17.1. The first-order valence-electron chi connectivity index (χ1n) is 30.3. The normalized spacial score (nSPS) is 18.0. The van der Waals surface area contributed by atoms with E-state index in [2.05, 4.69) is 160 Å². The summed E-state index contributed by atoms with van der Waals surface area (Å²) in [6, 6.07) is 26.5. The van der Waals surface area contributed by atoms with Crippen LogP contribution in [0.15, 0.2) is 122 Å². The largest absolute Gasteiger partial charge is 0.496 e. The van der Waals surface area contributed by atoms with E-state index in [1.54, 1.807) is 12.7 Å². The number of pyridine rings is 2. The van der Waals surface area contributed by atoms with Crippen LogP contribution in [0.2, 0.25) is 51.4 Å². The number of hydrogen-bond acceptors (Lipinski definition) is 16. The second kappa shape index (κ2) is 25.5. The number of aryl methyl sites for hydroxylation is 2. The molecule has 4 aliphatic rings. The van der Waals surface area contributed by atoms with E-state index >= 15 is 0 Å². The number of imidazole rings is 2. The Morgan fingerprint density at radius 2 is 1.23 bits per heavy atom. The van der Waals surface area contributed by atoms with Crippen molar-refractivity contribution in [2.75, 3.05) is 36.1 Å². The summed E-state index contributed by atoms with van der Waals surface area (Å²) in [5.41, 5.74) is 8.88. The van der Waals surface area contributed by atoms with E-state index < -0.39 is 23.3 Å². The Labute approximate surface area is 530 Å². The fourth-order valence-electron chi connectivity index (χ4n) is 11.2. The Morgan fingerprint density at radius 1 is 0.636 bits per heavy atom. The maximum atomic E-state index is 12.5. The number of piperidine rings is 1. The summed E-state index contributed by atoms with van der Waals surface area (Å²) < 4.78 is 29.4. The molecule has 2 fully saturated rings. The van der Waals surface area contributed by atoms with Gasteiger partial charge in [-0.3, -0.25) is 18.7 Å². The fourth-order valence-corrected chi connectivity index (χ4v) is 13.2. The Morgan fingerprint density at radius 3 is 1.89 bits per heavy atom. The van der Waals surface area contributed by atoms with Crippen molar-refractivity contribution in [1.82, 2.24) is 49.0 Å². The van der Waals surface area contributed by atoms with Crippen LogP contribution >= 0.6 is 22.6 Å². The summed E-state index contributed by atoms with van der Waals surface area (Å²) in [7, 11) is -2.65. The molecule has 88 heavy (non-hydrogen) atoms. The molecule has 0 saturated carbocycles. The molecule has 3 aromatic carbocycles. The second-order valence-corrected chi connectivity index (χ2v) is 39.0. The Bertz CT molecular complexity index is 4140. The van der Waals surface area contributed by atoms with Crippen LogP contribution in [0.1, 0.15) is 62.5 Å². The van der Waals surface area contributed by atoms with Crippen molar-refractivity contribution < 1.29 is 28.4 Å². The summed E-state index contributed by atoms with van der Waals surface area (Å²) >= 11 is 2.30. The molecule has 2 saturated heterocycles. The molecule has 456 valence electrons. The number of carbonyl (C=O) groups is 2. The lowest BCUT2D eigenvalue weighted by molar-refractivity contribution is -0.122. The van der Waals surface area contributed by atoms with Crippen molar-refractivity contribution in [3.05, 3.63) is 143 Å². The zero-order valence-corrected chi connectivity index (χ0v) is 56.7. The van der Waals surface area contributed by atoms with E-state index in [0.717, 1.165) is 124 Å². The van der Waals surface area contributed by atoms with Crippen LogP contribution in [0.4, 0.5) is 17.3 Å². The van der Waals surface area contributed by atoms with E-state index in [1.165, 1.54) is 0 Å². The van der Waals surface area contributed by atoms with Crippen LogP contribution in [0.25, 0.3) is 55.3 Å². The topological polar surface area (TPSA) is 191 Å². The Kier molecular flexibility index (Phi) is 18.2. The monoisotopic (exact) mass is 1330 g/mol. The maximum Gasteiger partial charge on any atom is 0.496 e. The number of benzene rings is 3. The van der Waals surface area contributed by atoms with E-state index in [0.29, 0.717) is 45.2 Å². The van der Waals surface area contributed by atoms with Gasteiger partial charge in [-0.15, -0.1) is 0 Å². The summed E-state index contributed by atoms with van der Waals surface area (Å²) in [5.74, 6) is 3.92. The van der Waals surface area contributed by atoms with Crippen LogP contribution in [-0.4, -0.2) is 127 Å². The highest BCUT2D eigenvalue weighted by atomic mass is 127. The molecular formula is C66H78BIN12O6Si2. The predicted molar refractivity (Wildman–Crippen MR) is 364 cm³/mol. The molecule has 2 atom stereocenters. The number of anilines is 3. The number of aromatic nitrogens is 10. The van der Waals surface area contributed by atoms with E-state index in [9.17, 15) is 9.59 Å². The molecule has 0 bridgehead atoms. The molecule has 22 heteroatoms. The van der Waals surface area contributed by atoms with Gasteiger partial charge in [-0.1, -0.05) is 81.8 Å². The lowest BCUT2D eigenvalue weighted by Gasteiger charge is -2.40. The highest BCUT2D eigenvalue weighted by Gasteiger charge is 2.52. The van der Waals surface area contributed by atoms with E-state index in [1.807, 2.05) is 102 Å². The van der Waals surface area contributed by atoms with Gasteiger partial charge in [0.2, 0.25) is 0 Å². The molecule has 0 spiro atoms. The van der Waals surface area contributed by atoms with Crippen molar-refractivity contribution in [2.24, 2.45) is 5.92 Å². The lowest BCUT2D eigenvalue weighted by atomic mass is 9.80. The second-order valence-electron chi connectivity index (χ2n) is 26.5. The van der Waals surface area contributed by atoms with Crippen LogP contribution in [-0.2, 0) is 37.0 Å². The number of ether oxygens (including phenoxy) is 2. The highest BCUT2D eigenvalue weighted by molar-refractivity contribution is 14.1. The average molecular weight is 1330 g/mol. The van der Waals surface area contributed by atoms with E-state index in [-0.39, 0.29) is 28.9 Å². The number of para-hydroxylation sites is 1. The van der Waals surface area contributed by atoms with Crippen molar-refractivity contribution in [3.63, 3.8) is 0 Å². The highest BCUT2D eigenvalue weighted by Crippen LogP contribution is 2.39. The first-order chi connectivity index (χ1) is 41.9. The van der Waals surface area contributed by atoms with Crippen LogP contribution < -0.4 is 15.3 Å². The Hall–Kier alpha value is -6.93. The summed E-state index contributed by atoms with van der Waals surface area (Å²) in [6.07, 6.45) is 16.0. The molecular weight excluding hydrogens is 1250 g/mol. The maximum absolute atomic E-state index is 12.5. The SMILES string of the molecule is Cc1nc2cc(-c3ccc4ncnc(N5CCC(=O)c6ccccc65)c4c3)cnc2n1COCC[Si](C)(C)C.Cc1nc2cc(B3OC(C)(C)C(C)(C)O3)cnc2n1COCC[Si](C)(C)C.O=C1CCN(c2ncnc3ccc(I)cc23)C2C=CC=CC12. The van der Waals surface area contributed by atoms with Gasteiger partial charge in [0.1, 0.15) is 66.2 Å². The smallest absolute Gasteiger partial charge is 0.399 e. The minimum atomic E-state index is -1.14. The summed E-state index contributed by atoms with van der Waals surface area (Å²) in [4.78, 5) is 66.0. The zero-order valence-electron chi connectivity index (χ0n) is 52.5. The number of allylic oxidation sites excluding steroid dienone is 2. The van der Waals surface area contributed by atoms with Crippen LogP contribution in [0.5, 0.6) is 0 Å². The molecule has 1 aliphatic carbocycles. The minimum absolute atomic E-state index is 0.0576. The molecule has 0 radical (unpaired) electrons. The standard InChI is InChI=1S/C30H32N6O2Si.C19H32BN3O3Si.C17H14IN3O/c1-20-34-26-16-22(17-31-30(26)36(20)19-38-13-14-39(2,3)4)21-9-10-25-24(15-21)29(33-18-32-25)35-12-11-28(37)23-7-5-6-8-27(23)35;1-14-22-16-11-15(20-25-18(2,3)19(4,5)26-20)12-21-17(16)23(14)13-24-9-10-27(6,7)8;18-11-5-6-14-13(9-11)17(20-10-19-14)21-8-7-16(22)12-3-1-2-4-15(12)21/h5-10,15-18H,11-14,19H2,1-4H3;11-12H,9-10,13H2,1-8H3;1-6,9-10,12,15H,7-8H2. The molecule has 3 aliphatic heterocycles. The lowest BCUT2D eigenvalue weighted by Crippen LogP contribution is -2.49. The van der Waals surface area contributed by atoms with Crippen LogP contribution in [0.3, 0.4) is 0 Å². The summed E-state index contributed by atoms with van der Waals surface area (Å²) in [6.45, 7) is 30.1. The van der Waals surface area contributed by atoms with Gasteiger partial charge in [-0.25, -0.2) is 39.9 Å². The molecule has 0 N–H and O–H groups in total.